The van der Waals surface area contributed by atoms with E-state index in [-0.39, 0.29) is 0 Å². The number of para-hydroxylation sites is 1. The number of pyridine rings is 1. The lowest BCUT2D eigenvalue weighted by Gasteiger charge is -2.07. The minimum atomic E-state index is 0.507. The van der Waals surface area contributed by atoms with Crippen LogP contribution >= 0.6 is 0 Å². The number of rotatable bonds is 3. The monoisotopic (exact) mass is 250 g/mol. The smallest absolute Gasteiger partial charge is 0.146 e. The molecule has 3 heteroatoms. The topological polar surface area (TPSA) is 48.1 Å². The molecule has 0 aliphatic carbocycles. The minimum Gasteiger partial charge on any atom is -0.456 e. The van der Waals surface area contributed by atoms with E-state index >= 15 is 0 Å². The summed E-state index contributed by atoms with van der Waals surface area (Å²) in [5, 5.41) is 1.06. The third kappa shape index (κ3) is 2.56. The Morgan fingerprint density at radius 2 is 1.84 bits per heavy atom. The zero-order chi connectivity index (χ0) is 13.1. The molecule has 0 bridgehead atoms. The summed E-state index contributed by atoms with van der Waals surface area (Å²) >= 11 is 0. The van der Waals surface area contributed by atoms with Gasteiger partial charge in [0.1, 0.15) is 11.5 Å². The van der Waals surface area contributed by atoms with Crippen LogP contribution in [0.1, 0.15) is 5.56 Å². The van der Waals surface area contributed by atoms with Crippen LogP contribution in [0.25, 0.3) is 10.9 Å². The fourth-order valence-electron chi connectivity index (χ4n) is 1.98. The molecule has 2 aromatic carbocycles. The number of nitrogens with zero attached hydrogens (tertiary/aromatic N) is 1. The normalized spacial score (nSPS) is 10.6. The van der Waals surface area contributed by atoms with Crippen LogP contribution in [0, 0.1) is 0 Å². The van der Waals surface area contributed by atoms with Gasteiger partial charge >= 0.3 is 0 Å². The van der Waals surface area contributed by atoms with Crippen molar-refractivity contribution in [2.45, 2.75) is 6.54 Å². The molecule has 2 N–H and O–H groups in total. The molecule has 0 spiro atoms. The summed E-state index contributed by atoms with van der Waals surface area (Å²) in [6, 6.07) is 17.7. The Morgan fingerprint density at radius 1 is 0.947 bits per heavy atom. The lowest BCUT2D eigenvalue weighted by atomic mass is 10.2. The number of benzene rings is 2. The van der Waals surface area contributed by atoms with Gasteiger partial charge in [0.05, 0.1) is 11.7 Å². The van der Waals surface area contributed by atoms with Crippen molar-refractivity contribution in [2.24, 2.45) is 5.73 Å². The quantitative estimate of drug-likeness (QED) is 0.774. The lowest BCUT2D eigenvalue weighted by Crippen LogP contribution is -1.96. The SMILES string of the molecule is NCc1cccc(Oc2cnc3ccccc3c2)c1. The van der Waals surface area contributed by atoms with Crippen molar-refractivity contribution in [2.75, 3.05) is 0 Å². The summed E-state index contributed by atoms with van der Waals surface area (Å²) in [5.74, 6) is 1.51. The first-order chi connectivity index (χ1) is 9.35. The van der Waals surface area contributed by atoms with Crippen molar-refractivity contribution in [3.63, 3.8) is 0 Å². The van der Waals surface area contributed by atoms with E-state index in [1.54, 1.807) is 6.20 Å². The molecular formula is C16H14N2O. The molecule has 0 radical (unpaired) electrons. The van der Waals surface area contributed by atoms with Crippen molar-refractivity contribution in [3.05, 3.63) is 66.4 Å². The average Bonchev–Trinajstić information content (AvgIpc) is 2.47. The van der Waals surface area contributed by atoms with E-state index in [1.807, 2.05) is 54.6 Å². The molecule has 94 valence electrons. The maximum atomic E-state index is 5.81. The Balaban J connectivity index is 1.92. The Morgan fingerprint density at radius 3 is 2.74 bits per heavy atom. The van der Waals surface area contributed by atoms with Gasteiger partial charge in [0.25, 0.3) is 0 Å². The van der Waals surface area contributed by atoms with E-state index in [9.17, 15) is 0 Å². The molecule has 0 saturated carbocycles. The highest BCUT2D eigenvalue weighted by Gasteiger charge is 2.01. The van der Waals surface area contributed by atoms with Crippen LogP contribution in [0.4, 0.5) is 0 Å². The third-order valence-corrected chi connectivity index (χ3v) is 2.94. The van der Waals surface area contributed by atoms with E-state index in [2.05, 4.69) is 4.98 Å². The van der Waals surface area contributed by atoms with Crippen molar-refractivity contribution >= 4 is 10.9 Å². The van der Waals surface area contributed by atoms with Crippen molar-refractivity contribution in [1.82, 2.24) is 4.98 Å². The fourth-order valence-corrected chi connectivity index (χ4v) is 1.98. The predicted octanol–water partition coefficient (Wildman–Crippen LogP) is 3.49. The number of aromatic nitrogens is 1. The Bertz CT molecular complexity index is 710. The van der Waals surface area contributed by atoms with Crippen molar-refractivity contribution in [1.29, 1.82) is 0 Å². The molecule has 0 atom stereocenters. The second-order valence-electron chi connectivity index (χ2n) is 4.32. The van der Waals surface area contributed by atoms with Gasteiger partial charge in [-0.05, 0) is 29.8 Å². The summed E-state index contributed by atoms with van der Waals surface area (Å²) in [4.78, 5) is 4.37. The van der Waals surface area contributed by atoms with Gasteiger partial charge in [0.15, 0.2) is 0 Å². The molecule has 0 unspecified atom stereocenters. The maximum absolute atomic E-state index is 5.81. The predicted molar refractivity (Wildman–Crippen MR) is 76.2 cm³/mol. The number of ether oxygens (including phenoxy) is 1. The second kappa shape index (κ2) is 5.08. The van der Waals surface area contributed by atoms with Crippen LogP contribution in [0.3, 0.4) is 0 Å². The van der Waals surface area contributed by atoms with E-state index < -0.39 is 0 Å². The van der Waals surface area contributed by atoms with Gasteiger partial charge in [-0.2, -0.15) is 0 Å². The molecular weight excluding hydrogens is 236 g/mol. The minimum absolute atomic E-state index is 0.507. The van der Waals surface area contributed by atoms with Crippen LogP contribution in [-0.4, -0.2) is 4.98 Å². The summed E-state index contributed by atoms with van der Waals surface area (Å²) in [6.45, 7) is 0.507. The zero-order valence-corrected chi connectivity index (χ0v) is 10.4. The Labute approximate surface area is 111 Å². The summed E-state index contributed by atoms with van der Waals surface area (Å²) in [7, 11) is 0. The third-order valence-electron chi connectivity index (χ3n) is 2.94. The second-order valence-corrected chi connectivity index (χ2v) is 4.32. The van der Waals surface area contributed by atoms with Crippen LogP contribution in [0.5, 0.6) is 11.5 Å². The molecule has 1 heterocycles. The lowest BCUT2D eigenvalue weighted by molar-refractivity contribution is 0.480. The Kier molecular flexibility index (Phi) is 3.12. The standard InChI is InChI=1S/C16H14N2O/c17-10-12-4-3-6-14(8-12)19-15-9-13-5-1-2-7-16(13)18-11-15/h1-9,11H,10,17H2. The first kappa shape index (κ1) is 11.7. The molecule has 3 nitrogen and oxygen atoms in total. The first-order valence-electron chi connectivity index (χ1n) is 6.17. The largest absolute Gasteiger partial charge is 0.456 e. The van der Waals surface area contributed by atoms with E-state index in [1.165, 1.54) is 0 Å². The van der Waals surface area contributed by atoms with Gasteiger partial charge in [-0.1, -0.05) is 30.3 Å². The van der Waals surface area contributed by atoms with Crippen LogP contribution in [-0.2, 0) is 6.54 Å². The maximum Gasteiger partial charge on any atom is 0.146 e. The van der Waals surface area contributed by atoms with Crippen LogP contribution in [0.2, 0.25) is 0 Å². The van der Waals surface area contributed by atoms with Gasteiger partial charge in [-0.3, -0.25) is 4.98 Å². The molecule has 0 aliphatic rings. The van der Waals surface area contributed by atoms with Crippen LogP contribution < -0.4 is 10.5 Å². The highest BCUT2D eigenvalue weighted by atomic mass is 16.5. The molecule has 3 aromatic rings. The van der Waals surface area contributed by atoms with E-state index in [0.29, 0.717) is 6.54 Å². The molecule has 0 aliphatic heterocycles. The highest BCUT2D eigenvalue weighted by molar-refractivity contribution is 5.79. The molecule has 0 amide bonds. The molecule has 1 aromatic heterocycles. The number of hydrogen-bond acceptors (Lipinski definition) is 3. The van der Waals surface area contributed by atoms with Crippen molar-refractivity contribution in [3.8, 4) is 11.5 Å². The molecule has 0 saturated heterocycles. The average molecular weight is 250 g/mol. The number of hydrogen-bond donors (Lipinski definition) is 1. The molecule has 3 rings (SSSR count). The summed E-state index contributed by atoms with van der Waals surface area (Å²) in [5.41, 5.74) is 7.63. The zero-order valence-electron chi connectivity index (χ0n) is 10.4. The summed E-state index contributed by atoms with van der Waals surface area (Å²) in [6.07, 6.45) is 1.73. The summed E-state index contributed by atoms with van der Waals surface area (Å²) < 4.78 is 5.81. The van der Waals surface area contributed by atoms with E-state index in [4.69, 9.17) is 10.5 Å². The van der Waals surface area contributed by atoms with Gasteiger partial charge in [-0.15, -0.1) is 0 Å². The van der Waals surface area contributed by atoms with Gasteiger partial charge in [0.2, 0.25) is 0 Å². The number of nitrogens with two attached hydrogens (primary N) is 1. The van der Waals surface area contributed by atoms with Crippen molar-refractivity contribution < 1.29 is 4.74 Å². The van der Waals surface area contributed by atoms with Gasteiger partial charge < -0.3 is 10.5 Å². The Hall–Kier alpha value is -2.39. The molecule has 0 fully saturated rings. The highest BCUT2D eigenvalue weighted by Crippen LogP contribution is 2.24. The van der Waals surface area contributed by atoms with Gasteiger partial charge in [0, 0.05) is 11.9 Å². The first-order valence-corrected chi connectivity index (χ1v) is 6.17. The van der Waals surface area contributed by atoms with E-state index in [0.717, 1.165) is 28.0 Å². The van der Waals surface area contributed by atoms with Gasteiger partial charge in [-0.25, -0.2) is 0 Å². The number of fused-ring (bicyclic) bond motifs is 1. The fraction of sp³-hybridized carbons (Fsp3) is 0.0625. The van der Waals surface area contributed by atoms with Crippen LogP contribution in [0.15, 0.2) is 60.8 Å². The molecule has 19 heavy (non-hydrogen) atoms.